The lowest BCUT2D eigenvalue weighted by Crippen LogP contribution is -2.10. The lowest BCUT2D eigenvalue weighted by atomic mass is 10.1. The minimum absolute atomic E-state index is 0.0264. The number of nitro groups is 1. The molecule has 6 heteroatoms. The van der Waals surface area contributed by atoms with Crippen molar-refractivity contribution in [1.82, 2.24) is 9.78 Å². The van der Waals surface area contributed by atoms with Gasteiger partial charge in [0.05, 0.1) is 11.1 Å². The zero-order chi connectivity index (χ0) is 13.1. The molecule has 18 heavy (non-hydrogen) atoms. The highest BCUT2D eigenvalue weighted by atomic mass is 16.6. The van der Waals surface area contributed by atoms with Crippen LogP contribution in [0.15, 0.2) is 36.7 Å². The smallest absolute Gasteiger partial charge is 0.269 e. The first-order valence-corrected chi connectivity index (χ1v) is 5.33. The third-order valence-corrected chi connectivity index (χ3v) is 2.47. The average molecular weight is 245 g/mol. The lowest BCUT2D eigenvalue weighted by Gasteiger charge is -2.01. The molecule has 0 radical (unpaired) electrons. The van der Waals surface area contributed by atoms with Gasteiger partial charge in [-0.1, -0.05) is 0 Å². The summed E-state index contributed by atoms with van der Waals surface area (Å²) in [7, 11) is 0. The maximum absolute atomic E-state index is 11.9. The van der Waals surface area contributed by atoms with E-state index in [9.17, 15) is 14.9 Å². The molecule has 0 saturated heterocycles. The molecule has 0 saturated carbocycles. The van der Waals surface area contributed by atoms with E-state index in [2.05, 4.69) is 5.10 Å². The van der Waals surface area contributed by atoms with E-state index in [1.165, 1.54) is 24.3 Å². The fraction of sp³-hybridized carbons (Fsp3) is 0.167. The number of Topliss-reactive ketones (excluding diaryl/α,β-unsaturated/α-hetero) is 1. The van der Waals surface area contributed by atoms with Gasteiger partial charge >= 0.3 is 0 Å². The Bertz CT molecular complexity index is 587. The van der Waals surface area contributed by atoms with Gasteiger partial charge in [0.15, 0.2) is 5.78 Å². The van der Waals surface area contributed by atoms with Gasteiger partial charge in [0.25, 0.3) is 5.69 Å². The minimum Gasteiger partial charge on any atom is -0.292 e. The van der Waals surface area contributed by atoms with Crippen LogP contribution in [0, 0.1) is 17.0 Å². The number of carbonyl (C=O) groups is 1. The van der Waals surface area contributed by atoms with Gasteiger partial charge in [0.1, 0.15) is 6.54 Å². The summed E-state index contributed by atoms with van der Waals surface area (Å²) in [6.07, 6.45) is 3.44. The van der Waals surface area contributed by atoms with Crippen LogP contribution in [0.1, 0.15) is 15.9 Å². The van der Waals surface area contributed by atoms with Crippen LogP contribution >= 0.6 is 0 Å². The molecule has 0 bridgehead atoms. The van der Waals surface area contributed by atoms with Gasteiger partial charge < -0.3 is 0 Å². The average Bonchev–Trinajstić information content (AvgIpc) is 2.75. The van der Waals surface area contributed by atoms with Gasteiger partial charge in [0, 0.05) is 23.9 Å². The molecule has 0 aliphatic carbocycles. The largest absolute Gasteiger partial charge is 0.292 e. The van der Waals surface area contributed by atoms with Crippen LogP contribution < -0.4 is 0 Å². The Hall–Kier alpha value is -2.50. The molecule has 2 rings (SSSR count). The number of non-ortho nitro benzene ring substituents is 1. The Morgan fingerprint density at radius 1 is 1.39 bits per heavy atom. The summed E-state index contributed by atoms with van der Waals surface area (Å²) in [5.41, 5.74) is 1.39. The van der Waals surface area contributed by atoms with Gasteiger partial charge in [-0.05, 0) is 24.6 Å². The Balaban J connectivity index is 2.11. The molecule has 0 spiro atoms. The van der Waals surface area contributed by atoms with Gasteiger partial charge in [0.2, 0.25) is 0 Å². The Labute approximate surface area is 103 Å². The highest BCUT2D eigenvalue weighted by Crippen LogP contribution is 2.12. The van der Waals surface area contributed by atoms with Gasteiger partial charge in [-0.2, -0.15) is 5.10 Å². The summed E-state index contributed by atoms with van der Waals surface area (Å²) in [6.45, 7) is 2.02. The number of ketones is 1. The fourth-order valence-electron chi connectivity index (χ4n) is 1.56. The Morgan fingerprint density at radius 2 is 2.06 bits per heavy atom. The highest BCUT2D eigenvalue weighted by molar-refractivity contribution is 5.96. The number of nitro benzene ring substituents is 1. The lowest BCUT2D eigenvalue weighted by molar-refractivity contribution is -0.384. The van der Waals surface area contributed by atoms with E-state index in [0.717, 1.165) is 5.56 Å². The van der Waals surface area contributed by atoms with Crippen molar-refractivity contribution in [3.05, 3.63) is 57.9 Å². The molecule has 6 nitrogen and oxygen atoms in total. The molecule has 0 aliphatic heterocycles. The first-order chi connectivity index (χ1) is 8.56. The summed E-state index contributed by atoms with van der Waals surface area (Å²) in [5, 5.41) is 14.5. The summed E-state index contributed by atoms with van der Waals surface area (Å²) < 4.78 is 1.54. The molecule has 0 amide bonds. The molecular weight excluding hydrogens is 234 g/mol. The van der Waals surface area contributed by atoms with E-state index < -0.39 is 4.92 Å². The number of nitrogens with zero attached hydrogens (tertiary/aromatic N) is 3. The van der Waals surface area contributed by atoms with Gasteiger partial charge in [-0.3, -0.25) is 19.6 Å². The molecule has 92 valence electrons. The second kappa shape index (κ2) is 4.79. The van der Waals surface area contributed by atoms with Crippen LogP contribution in [0.4, 0.5) is 5.69 Å². The summed E-state index contributed by atoms with van der Waals surface area (Å²) in [4.78, 5) is 21.9. The van der Waals surface area contributed by atoms with Crippen LogP contribution in [0.5, 0.6) is 0 Å². The summed E-state index contributed by atoms with van der Waals surface area (Å²) >= 11 is 0. The molecule has 0 N–H and O–H groups in total. The van der Waals surface area contributed by atoms with Crippen molar-refractivity contribution in [2.75, 3.05) is 0 Å². The maximum atomic E-state index is 11.9. The fourth-order valence-corrected chi connectivity index (χ4v) is 1.56. The number of rotatable bonds is 4. The van der Waals surface area contributed by atoms with E-state index in [0.29, 0.717) is 5.56 Å². The molecule has 1 aromatic carbocycles. The Kier molecular flexibility index (Phi) is 3.18. The minimum atomic E-state index is -0.495. The van der Waals surface area contributed by atoms with E-state index in [-0.39, 0.29) is 18.0 Å². The number of benzene rings is 1. The monoisotopic (exact) mass is 245 g/mol. The van der Waals surface area contributed by atoms with Crippen molar-refractivity contribution < 1.29 is 9.72 Å². The maximum Gasteiger partial charge on any atom is 0.269 e. The topological polar surface area (TPSA) is 78.0 Å². The zero-order valence-electron chi connectivity index (χ0n) is 9.74. The molecule has 0 fully saturated rings. The van der Waals surface area contributed by atoms with Crippen LogP contribution in [0.3, 0.4) is 0 Å². The van der Waals surface area contributed by atoms with Crippen molar-refractivity contribution in [3.63, 3.8) is 0 Å². The van der Waals surface area contributed by atoms with E-state index in [4.69, 9.17) is 0 Å². The second-order valence-electron chi connectivity index (χ2n) is 3.94. The number of aromatic nitrogens is 2. The van der Waals surface area contributed by atoms with E-state index in [1.54, 1.807) is 17.1 Å². The number of hydrogen-bond donors (Lipinski definition) is 0. The quantitative estimate of drug-likeness (QED) is 0.468. The molecule has 1 heterocycles. The third-order valence-electron chi connectivity index (χ3n) is 2.47. The van der Waals surface area contributed by atoms with Crippen LogP contribution in [-0.2, 0) is 6.54 Å². The first kappa shape index (κ1) is 12.0. The van der Waals surface area contributed by atoms with Crippen molar-refractivity contribution in [3.8, 4) is 0 Å². The van der Waals surface area contributed by atoms with E-state index in [1.807, 2.05) is 6.92 Å². The van der Waals surface area contributed by atoms with Crippen LogP contribution in [-0.4, -0.2) is 20.5 Å². The second-order valence-corrected chi connectivity index (χ2v) is 3.94. The Morgan fingerprint density at radius 3 is 2.56 bits per heavy atom. The van der Waals surface area contributed by atoms with Crippen LogP contribution in [0.2, 0.25) is 0 Å². The van der Waals surface area contributed by atoms with Gasteiger partial charge in [-0.15, -0.1) is 0 Å². The zero-order valence-corrected chi connectivity index (χ0v) is 9.74. The number of carbonyl (C=O) groups excluding carboxylic acids is 1. The van der Waals surface area contributed by atoms with E-state index >= 15 is 0 Å². The normalized spacial score (nSPS) is 10.3. The predicted octanol–water partition coefficient (Wildman–Crippen LogP) is 1.98. The SMILES string of the molecule is Cc1cnn(CC(=O)c2ccc([N+](=O)[O-])cc2)c1. The number of aryl methyl sites for hydroxylation is 1. The number of hydrogen-bond acceptors (Lipinski definition) is 4. The molecule has 0 aliphatic rings. The first-order valence-electron chi connectivity index (χ1n) is 5.33. The molecule has 2 aromatic rings. The summed E-state index contributed by atoms with van der Waals surface area (Å²) in [6, 6.07) is 5.55. The van der Waals surface area contributed by atoms with Crippen molar-refractivity contribution in [1.29, 1.82) is 0 Å². The third kappa shape index (κ3) is 2.60. The molecule has 1 aromatic heterocycles. The molecular formula is C12H11N3O3. The highest BCUT2D eigenvalue weighted by Gasteiger charge is 2.10. The summed E-state index contributed by atoms with van der Waals surface area (Å²) in [5.74, 6) is -0.131. The standard InChI is InChI=1S/C12H11N3O3/c1-9-6-13-14(7-9)8-12(16)10-2-4-11(5-3-10)15(17)18/h2-7H,8H2,1H3. The molecule has 0 unspecified atom stereocenters. The van der Waals surface area contributed by atoms with Crippen molar-refractivity contribution in [2.24, 2.45) is 0 Å². The van der Waals surface area contributed by atoms with Crippen molar-refractivity contribution in [2.45, 2.75) is 13.5 Å². The van der Waals surface area contributed by atoms with Crippen LogP contribution in [0.25, 0.3) is 0 Å². The predicted molar refractivity (Wildman–Crippen MR) is 64.4 cm³/mol. The van der Waals surface area contributed by atoms with Crippen molar-refractivity contribution >= 4 is 11.5 Å². The van der Waals surface area contributed by atoms with Gasteiger partial charge in [-0.25, -0.2) is 0 Å². The molecule has 0 atom stereocenters.